The lowest BCUT2D eigenvalue weighted by Gasteiger charge is -2.37. The average molecular weight is 467 g/mol. The lowest BCUT2D eigenvalue weighted by atomic mass is 9.93. The van der Waals surface area contributed by atoms with Gasteiger partial charge < -0.3 is 23.4 Å². The fourth-order valence-corrected chi connectivity index (χ4v) is 6.16. The molecule has 1 aromatic rings. The van der Waals surface area contributed by atoms with Crippen molar-refractivity contribution in [1.29, 1.82) is 0 Å². The number of ether oxygens (including phenoxy) is 2. The second-order valence-corrected chi connectivity index (χ2v) is 10.2. The molecule has 1 saturated carbocycles. The van der Waals surface area contributed by atoms with Crippen molar-refractivity contribution in [3.63, 3.8) is 0 Å². The minimum atomic E-state index is -1.56. The van der Waals surface area contributed by atoms with Crippen molar-refractivity contribution in [2.75, 3.05) is 19.7 Å². The van der Waals surface area contributed by atoms with E-state index >= 15 is 0 Å². The van der Waals surface area contributed by atoms with Gasteiger partial charge in [0.15, 0.2) is 6.23 Å². The molecule has 0 radical (unpaired) electrons. The van der Waals surface area contributed by atoms with Crippen LogP contribution in [-0.2, 0) is 18.5 Å². The van der Waals surface area contributed by atoms with Gasteiger partial charge in [0.05, 0.1) is 0 Å². The summed E-state index contributed by atoms with van der Waals surface area (Å²) in [7, 11) is -1.56. The molecule has 1 aliphatic carbocycles. The molecular weight excluding hydrogens is 435 g/mol. The van der Waals surface area contributed by atoms with E-state index in [0.717, 1.165) is 12.8 Å². The van der Waals surface area contributed by atoms with E-state index in [4.69, 9.17) is 26.5 Å². The highest BCUT2D eigenvalue weighted by molar-refractivity contribution is 7.44. The summed E-state index contributed by atoms with van der Waals surface area (Å²) in [6.07, 6.45) is 0.879. The van der Waals surface area contributed by atoms with Gasteiger partial charge in [-0.2, -0.15) is 0 Å². The van der Waals surface area contributed by atoms with Gasteiger partial charge in [-0.15, -0.1) is 0 Å². The van der Waals surface area contributed by atoms with E-state index in [9.17, 15) is 9.59 Å². The largest absolute Gasteiger partial charge is 0.361 e. The molecule has 2 aliphatic heterocycles. The van der Waals surface area contributed by atoms with Crippen LogP contribution in [0.2, 0.25) is 0 Å². The molecule has 5 atom stereocenters. The summed E-state index contributed by atoms with van der Waals surface area (Å²) in [6.45, 7) is 15.8. The molecule has 176 valence electrons. The first-order valence-corrected chi connectivity index (χ1v) is 12.0. The molecule has 3 aliphatic rings. The number of aromatic amines is 1. The summed E-state index contributed by atoms with van der Waals surface area (Å²) in [5.41, 5.74) is -2.32. The Hall–Kier alpha value is -1.60. The van der Waals surface area contributed by atoms with Gasteiger partial charge in [0.1, 0.15) is 30.0 Å². The molecule has 1 aromatic heterocycles. The number of nitrogens with one attached hydrogen (secondary N) is 1. The van der Waals surface area contributed by atoms with E-state index in [1.807, 2.05) is 20.8 Å². The van der Waals surface area contributed by atoms with Crippen LogP contribution in [0, 0.1) is 13.5 Å². The summed E-state index contributed by atoms with van der Waals surface area (Å²) in [4.78, 5) is 30.1. The summed E-state index contributed by atoms with van der Waals surface area (Å²) < 4.78 is 37.3. The van der Waals surface area contributed by atoms with Crippen molar-refractivity contribution < 1.29 is 19.9 Å². The zero-order valence-corrected chi connectivity index (χ0v) is 19.8. The molecule has 0 aromatic carbocycles. The minimum absolute atomic E-state index is 0.0964. The molecule has 3 heterocycles. The minimum Gasteiger partial charge on any atom is -0.361 e. The van der Waals surface area contributed by atoms with Gasteiger partial charge in [-0.05, 0) is 40.5 Å². The molecular formula is C21H31N4O6P. The third-order valence-electron chi connectivity index (χ3n) is 6.37. The SMILES string of the molecule is [2H]C[C@]12O[C@@H](n3cc(C)c(=O)[nH]c3=O)[C@H](OC13CC3)[C@@H]2OP(OCC[N+]#[C-])N(CC)C(C)C. The third-order valence-corrected chi connectivity index (χ3v) is 8.34. The Morgan fingerprint density at radius 2 is 2.22 bits per heavy atom. The zero-order valence-electron chi connectivity index (χ0n) is 19.9. The van der Waals surface area contributed by atoms with Crippen LogP contribution in [0.15, 0.2) is 15.8 Å². The van der Waals surface area contributed by atoms with Gasteiger partial charge in [0.25, 0.3) is 14.1 Å². The van der Waals surface area contributed by atoms with Crippen LogP contribution in [0.5, 0.6) is 0 Å². The molecule has 32 heavy (non-hydrogen) atoms. The molecule has 10 nitrogen and oxygen atoms in total. The maximum absolute atomic E-state index is 12.6. The van der Waals surface area contributed by atoms with Gasteiger partial charge in [-0.25, -0.2) is 16.0 Å². The normalized spacial score (nSPS) is 31.3. The maximum Gasteiger partial charge on any atom is 0.330 e. The van der Waals surface area contributed by atoms with Crippen LogP contribution in [0.25, 0.3) is 4.85 Å². The summed E-state index contributed by atoms with van der Waals surface area (Å²) in [5, 5.41) is 0. The smallest absolute Gasteiger partial charge is 0.330 e. The van der Waals surface area contributed by atoms with E-state index in [-0.39, 0.29) is 26.1 Å². The van der Waals surface area contributed by atoms with E-state index < -0.39 is 49.4 Å². The van der Waals surface area contributed by atoms with Crippen molar-refractivity contribution >= 4 is 8.53 Å². The van der Waals surface area contributed by atoms with E-state index in [1.165, 1.54) is 10.8 Å². The number of aryl methyl sites for hydroxylation is 1. The quantitative estimate of drug-likeness (QED) is 0.338. The molecule has 1 spiro atoms. The fourth-order valence-electron chi connectivity index (χ4n) is 4.50. The van der Waals surface area contributed by atoms with Crippen molar-refractivity contribution in [2.24, 2.45) is 0 Å². The van der Waals surface area contributed by atoms with Gasteiger partial charge in [-0.3, -0.25) is 14.3 Å². The van der Waals surface area contributed by atoms with Crippen LogP contribution in [-0.4, -0.2) is 63.4 Å². The molecule has 1 unspecified atom stereocenters. The second-order valence-electron chi connectivity index (χ2n) is 8.78. The van der Waals surface area contributed by atoms with Gasteiger partial charge >= 0.3 is 5.69 Å². The molecule has 3 fully saturated rings. The predicted octanol–water partition coefficient (Wildman–Crippen LogP) is 2.34. The van der Waals surface area contributed by atoms with E-state index in [1.54, 1.807) is 6.92 Å². The molecule has 0 amide bonds. The average Bonchev–Trinajstić information content (AvgIpc) is 3.42. The van der Waals surface area contributed by atoms with E-state index in [0.29, 0.717) is 12.1 Å². The van der Waals surface area contributed by atoms with Crippen LogP contribution in [0.1, 0.15) is 53.7 Å². The number of aromatic nitrogens is 2. The topological polar surface area (TPSA) is 99.4 Å². The summed E-state index contributed by atoms with van der Waals surface area (Å²) >= 11 is 0. The Bertz CT molecular complexity index is 1040. The van der Waals surface area contributed by atoms with Crippen molar-refractivity contribution in [1.82, 2.24) is 14.2 Å². The first-order chi connectivity index (χ1) is 15.7. The van der Waals surface area contributed by atoms with Crippen LogP contribution in [0.3, 0.4) is 0 Å². The molecule has 2 saturated heterocycles. The second kappa shape index (κ2) is 8.64. The Morgan fingerprint density at radius 3 is 2.81 bits per heavy atom. The van der Waals surface area contributed by atoms with Crippen LogP contribution < -0.4 is 11.2 Å². The van der Waals surface area contributed by atoms with Crippen LogP contribution in [0.4, 0.5) is 0 Å². The standard InChI is InChI=1S/C21H31N4O6P/c1-7-25(13(2)3)32(28-11-10-22-6)31-16-15-18(24-12-14(4)17(26)23-19(24)27)30-20(16,5)21(29-15)8-9-21/h12-13,15-16,18H,7-11H2,1-5H3,(H,23,26,27)/t15-,16+,18-,20-,32?/m1/s1/i5D. The molecule has 2 bridgehead atoms. The zero-order chi connectivity index (χ0) is 24.0. The number of H-pyrrole nitrogens is 1. The highest BCUT2D eigenvalue weighted by atomic mass is 31.2. The fraction of sp³-hybridized carbons (Fsp3) is 0.762. The molecule has 1 N–H and O–H groups in total. The monoisotopic (exact) mass is 467 g/mol. The number of hydrogen-bond donors (Lipinski definition) is 1. The summed E-state index contributed by atoms with van der Waals surface area (Å²) in [6, 6.07) is 0.136. The lowest BCUT2D eigenvalue weighted by molar-refractivity contribution is -0.218. The van der Waals surface area contributed by atoms with Gasteiger partial charge in [-0.1, -0.05) is 6.92 Å². The predicted molar refractivity (Wildman–Crippen MR) is 118 cm³/mol. The highest BCUT2D eigenvalue weighted by Crippen LogP contribution is 2.66. The molecule has 11 heteroatoms. The van der Waals surface area contributed by atoms with Crippen molar-refractivity contribution in [3.8, 4) is 0 Å². The highest BCUT2D eigenvalue weighted by Gasteiger charge is 2.77. The van der Waals surface area contributed by atoms with Gasteiger partial charge in [0, 0.05) is 25.7 Å². The molecule has 4 rings (SSSR count). The van der Waals surface area contributed by atoms with Crippen LogP contribution >= 0.6 is 8.53 Å². The number of fused-ring (bicyclic) bond motifs is 3. The number of rotatable bonds is 9. The summed E-state index contributed by atoms with van der Waals surface area (Å²) in [5.74, 6) is 0. The van der Waals surface area contributed by atoms with E-state index in [2.05, 4.69) is 14.5 Å². The Labute approximate surface area is 190 Å². The van der Waals surface area contributed by atoms with Gasteiger partial charge in [0.2, 0.25) is 6.54 Å². The Kier molecular flexibility index (Phi) is 5.99. The Morgan fingerprint density at radius 1 is 1.47 bits per heavy atom. The first kappa shape index (κ1) is 22.2. The third kappa shape index (κ3) is 3.75. The van der Waals surface area contributed by atoms with Crippen molar-refractivity contribution in [2.45, 2.75) is 83.1 Å². The van der Waals surface area contributed by atoms with Crippen molar-refractivity contribution in [3.05, 3.63) is 44.0 Å². The Balaban J connectivity index is 1.69. The lowest BCUT2D eigenvalue weighted by Crippen LogP contribution is -2.48. The number of hydrogen-bond acceptors (Lipinski definition) is 7. The maximum atomic E-state index is 12.6. The number of nitrogens with zero attached hydrogens (tertiary/aromatic N) is 3. The first-order valence-electron chi connectivity index (χ1n) is 11.6.